The number of halogens is 1. The molecule has 8 nitrogen and oxygen atoms in total. The molecule has 0 saturated carbocycles. The maximum absolute atomic E-state index is 12.3. The molecule has 2 rings (SSSR count). The highest BCUT2D eigenvalue weighted by Gasteiger charge is 2.39. The van der Waals surface area contributed by atoms with Crippen LogP contribution in [-0.2, 0) is 4.79 Å². The fourth-order valence-corrected chi connectivity index (χ4v) is 2.72. The molecule has 0 spiro atoms. The van der Waals surface area contributed by atoms with Crippen molar-refractivity contribution >= 4 is 33.5 Å². The molecular formula is C12H11BrN2O6. The lowest BCUT2D eigenvalue weighted by Gasteiger charge is -2.21. The molecule has 1 saturated heterocycles. The van der Waals surface area contributed by atoms with Crippen LogP contribution in [0.25, 0.3) is 0 Å². The van der Waals surface area contributed by atoms with Gasteiger partial charge in [0.2, 0.25) is 0 Å². The zero-order chi connectivity index (χ0) is 15.7. The summed E-state index contributed by atoms with van der Waals surface area (Å²) in [6, 6.07) is 2.56. The molecule has 2 N–H and O–H groups in total. The first-order valence-corrected chi connectivity index (χ1v) is 6.75. The number of rotatable bonds is 3. The maximum atomic E-state index is 12.3. The number of nitro benzene ring substituents is 1. The Morgan fingerprint density at radius 3 is 2.62 bits per heavy atom. The van der Waals surface area contributed by atoms with Crippen molar-refractivity contribution in [2.45, 2.75) is 18.6 Å². The first kappa shape index (κ1) is 15.4. The largest absolute Gasteiger partial charge is 0.480 e. The van der Waals surface area contributed by atoms with Gasteiger partial charge in [-0.3, -0.25) is 14.9 Å². The average molecular weight is 359 g/mol. The van der Waals surface area contributed by atoms with Gasteiger partial charge < -0.3 is 15.1 Å². The third-order valence-corrected chi connectivity index (χ3v) is 3.62. The first-order valence-electron chi connectivity index (χ1n) is 5.96. The minimum Gasteiger partial charge on any atom is -0.480 e. The van der Waals surface area contributed by atoms with E-state index in [0.29, 0.717) is 4.47 Å². The van der Waals surface area contributed by atoms with Crippen LogP contribution >= 0.6 is 15.9 Å². The number of aliphatic hydroxyl groups excluding tert-OH is 1. The van der Waals surface area contributed by atoms with Crippen molar-refractivity contribution in [3.63, 3.8) is 0 Å². The molecule has 1 aliphatic rings. The topological polar surface area (TPSA) is 121 Å². The second-order valence-corrected chi connectivity index (χ2v) is 5.57. The van der Waals surface area contributed by atoms with Gasteiger partial charge in [0, 0.05) is 35.1 Å². The quantitative estimate of drug-likeness (QED) is 0.614. The number of hydrogen-bond donors (Lipinski definition) is 2. The summed E-state index contributed by atoms with van der Waals surface area (Å²) in [4.78, 5) is 34.6. The predicted molar refractivity (Wildman–Crippen MR) is 73.9 cm³/mol. The van der Waals surface area contributed by atoms with E-state index < -0.39 is 28.9 Å². The Bertz CT molecular complexity index is 620. The van der Waals surface area contributed by atoms with Crippen molar-refractivity contribution in [3.05, 3.63) is 38.3 Å². The summed E-state index contributed by atoms with van der Waals surface area (Å²) < 4.78 is 0.340. The van der Waals surface area contributed by atoms with E-state index in [1.807, 2.05) is 0 Å². The molecule has 0 radical (unpaired) electrons. The van der Waals surface area contributed by atoms with E-state index >= 15 is 0 Å². The van der Waals surface area contributed by atoms with Gasteiger partial charge in [-0.05, 0) is 6.07 Å². The van der Waals surface area contributed by atoms with E-state index in [0.717, 1.165) is 11.0 Å². The highest BCUT2D eigenvalue weighted by Crippen LogP contribution is 2.25. The van der Waals surface area contributed by atoms with Crippen LogP contribution in [0, 0.1) is 10.1 Å². The van der Waals surface area contributed by atoms with E-state index in [9.17, 15) is 24.8 Å². The van der Waals surface area contributed by atoms with Crippen molar-refractivity contribution in [2.24, 2.45) is 0 Å². The first-order chi connectivity index (χ1) is 9.79. The summed E-state index contributed by atoms with van der Waals surface area (Å²) in [5.74, 6) is -1.88. The lowest BCUT2D eigenvalue weighted by molar-refractivity contribution is -0.385. The fourth-order valence-electron chi connectivity index (χ4n) is 2.24. The maximum Gasteiger partial charge on any atom is 0.326 e. The van der Waals surface area contributed by atoms with E-state index in [1.54, 1.807) is 0 Å². The number of β-amino-alcohol motifs (C(OH)–C–C–N with tert-alkyl or cyclic N) is 1. The number of carbonyl (C=O) groups excluding carboxylic acids is 1. The number of nitro groups is 1. The number of carbonyl (C=O) groups is 2. The summed E-state index contributed by atoms with van der Waals surface area (Å²) >= 11 is 3.07. The van der Waals surface area contributed by atoms with Crippen molar-refractivity contribution in [3.8, 4) is 0 Å². The number of hydrogen-bond acceptors (Lipinski definition) is 5. The summed E-state index contributed by atoms with van der Waals surface area (Å²) in [5.41, 5.74) is -0.282. The number of nitrogens with zero attached hydrogens (tertiary/aromatic N) is 2. The summed E-state index contributed by atoms with van der Waals surface area (Å²) in [7, 11) is 0. The number of carboxylic acids is 1. The fraction of sp³-hybridized carbons (Fsp3) is 0.333. The van der Waals surface area contributed by atoms with Gasteiger partial charge in [0.15, 0.2) is 0 Å². The van der Waals surface area contributed by atoms with Crippen LogP contribution in [0.3, 0.4) is 0 Å². The van der Waals surface area contributed by atoms with Crippen LogP contribution in [0.2, 0.25) is 0 Å². The van der Waals surface area contributed by atoms with Gasteiger partial charge in [-0.1, -0.05) is 15.9 Å². The van der Waals surface area contributed by atoms with Crippen molar-refractivity contribution < 1.29 is 24.7 Å². The van der Waals surface area contributed by atoms with E-state index in [1.165, 1.54) is 12.1 Å². The zero-order valence-corrected chi connectivity index (χ0v) is 12.2. The number of benzene rings is 1. The molecule has 2 atom stereocenters. The molecular weight excluding hydrogens is 348 g/mol. The Balaban J connectivity index is 2.35. The third kappa shape index (κ3) is 3.19. The van der Waals surface area contributed by atoms with Gasteiger partial charge in [0.25, 0.3) is 11.6 Å². The summed E-state index contributed by atoms with van der Waals surface area (Å²) in [6.07, 6.45) is -0.978. The lowest BCUT2D eigenvalue weighted by atomic mass is 10.1. The molecule has 2 unspecified atom stereocenters. The molecule has 9 heteroatoms. The number of non-ortho nitro benzene ring substituents is 1. The molecule has 1 heterocycles. The number of aliphatic hydroxyl groups is 1. The Morgan fingerprint density at radius 1 is 1.38 bits per heavy atom. The Hall–Kier alpha value is -2.00. The van der Waals surface area contributed by atoms with E-state index in [2.05, 4.69) is 15.9 Å². The molecule has 0 bridgehead atoms. The van der Waals surface area contributed by atoms with Crippen LogP contribution in [0.15, 0.2) is 22.7 Å². The number of likely N-dealkylation sites (tertiary alicyclic amines) is 1. The van der Waals surface area contributed by atoms with Gasteiger partial charge in [-0.15, -0.1) is 0 Å². The molecule has 1 fully saturated rings. The molecule has 0 aromatic heterocycles. The van der Waals surface area contributed by atoms with Crippen LogP contribution in [0.1, 0.15) is 16.8 Å². The molecule has 0 aliphatic carbocycles. The van der Waals surface area contributed by atoms with E-state index in [4.69, 9.17) is 5.11 Å². The van der Waals surface area contributed by atoms with Gasteiger partial charge >= 0.3 is 5.97 Å². The number of aliphatic carboxylic acids is 1. The average Bonchev–Trinajstić information content (AvgIpc) is 2.79. The monoisotopic (exact) mass is 358 g/mol. The zero-order valence-electron chi connectivity index (χ0n) is 10.6. The van der Waals surface area contributed by atoms with Gasteiger partial charge in [-0.2, -0.15) is 0 Å². The lowest BCUT2D eigenvalue weighted by Crippen LogP contribution is -2.40. The summed E-state index contributed by atoms with van der Waals surface area (Å²) in [6.45, 7) is -0.115. The van der Waals surface area contributed by atoms with Crippen LogP contribution < -0.4 is 0 Å². The van der Waals surface area contributed by atoms with Crippen molar-refractivity contribution in [2.75, 3.05) is 6.54 Å². The minimum absolute atomic E-state index is 0.00331. The Kier molecular flexibility index (Phi) is 4.24. The van der Waals surface area contributed by atoms with Crippen LogP contribution in [0.4, 0.5) is 5.69 Å². The predicted octanol–water partition coefficient (Wildman–Crippen LogP) is 1.02. The van der Waals surface area contributed by atoms with Gasteiger partial charge in [0.05, 0.1) is 11.0 Å². The van der Waals surface area contributed by atoms with Crippen LogP contribution in [0.5, 0.6) is 0 Å². The second-order valence-electron chi connectivity index (χ2n) is 4.66. The van der Waals surface area contributed by atoms with Crippen molar-refractivity contribution in [1.82, 2.24) is 4.90 Å². The molecule has 1 amide bonds. The van der Waals surface area contributed by atoms with Crippen LogP contribution in [-0.4, -0.2) is 50.6 Å². The standard InChI is InChI=1S/C12H11BrN2O6/c13-7-1-6(2-8(3-7)15(20)21)11(17)14-5-9(16)4-10(14)12(18)19/h1-3,9-10,16H,4-5H2,(H,18,19). The number of amides is 1. The number of carboxylic acid groups (broad SMARTS) is 1. The molecule has 112 valence electrons. The minimum atomic E-state index is -1.22. The highest BCUT2D eigenvalue weighted by atomic mass is 79.9. The summed E-state index contributed by atoms with van der Waals surface area (Å²) in [5, 5.41) is 29.4. The van der Waals surface area contributed by atoms with Crippen molar-refractivity contribution in [1.29, 1.82) is 0 Å². The third-order valence-electron chi connectivity index (χ3n) is 3.17. The smallest absolute Gasteiger partial charge is 0.326 e. The molecule has 21 heavy (non-hydrogen) atoms. The Labute approximate surface area is 127 Å². The second kappa shape index (κ2) is 5.78. The van der Waals surface area contributed by atoms with Gasteiger partial charge in [0.1, 0.15) is 6.04 Å². The van der Waals surface area contributed by atoms with E-state index in [-0.39, 0.29) is 24.2 Å². The SMILES string of the molecule is O=C(O)C1CC(O)CN1C(=O)c1cc(Br)cc([N+](=O)[O-])c1. The highest BCUT2D eigenvalue weighted by molar-refractivity contribution is 9.10. The van der Waals surface area contributed by atoms with Gasteiger partial charge in [-0.25, -0.2) is 4.79 Å². The normalized spacial score (nSPS) is 21.3. The molecule has 1 aromatic rings. The Morgan fingerprint density at radius 2 is 2.05 bits per heavy atom. The molecule has 1 aromatic carbocycles. The molecule has 1 aliphatic heterocycles.